The Morgan fingerprint density at radius 3 is 2.79 bits per heavy atom. The van der Waals surface area contributed by atoms with Crippen molar-refractivity contribution in [3.8, 4) is 0 Å². The van der Waals surface area contributed by atoms with Crippen molar-refractivity contribution >= 4 is 0 Å². The Hall–Kier alpha value is -0.940. The van der Waals surface area contributed by atoms with E-state index >= 15 is 0 Å². The number of hydrogen-bond acceptors (Lipinski definition) is 5. The third-order valence-electron chi connectivity index (χ3n) is 4.00. The molecule has 1 aliphatic carbocycles. The van der Waals surface area contributed by atoms with Crippen LogP contribution in [0.15, 0.2) is 4.52 Å². The van der Waals surface area contributed by atoms with E-state index in [4.69, 9.17) is 9.26 Å². The predicted octanol–water partition coefficient (Wildman–Crippen LogP) is 2.49. The molecule has 0 spiro atoms. The fraction of sp³-hybridized carbons (Fsp3) is 0.857. The van der Waals surface area contributed by atoms with Gasteiger partial charge in [-0.05, 0) is 39.7 Å². The fourth-order valence-corrected chi connectivity index (χ4v) is 2.89. The highest BCUT2D eigenvalue weighted by Crippen LogP contribution is 2.29. The van der Waals surface area contributed by atoms with Crippen molar-refractivity contribution in [3.63, 3.8) is 0 Å². The summed E-state index contributed by atoms with van der Waals surface area (Å²) in [6, 6.07) is 0.443. The zero-order valence-corrected chi connectivity index (χ0v) is 12.2. The molecule has 0 amide bonds. The summed E-state index contributed by atoms with van der Waals surface area (Å²) in [5.74, 6) is 2.11. The standard InChI is InChI=1S/C14H25N3O2/c1-4-18-10(2)14-16-13(19-17-14)9-12(15-3)11-7-5-6-8-11/h10-12,15H,4-9H2,1-3H3. The molecule has 5 heteroatoms. The lowest BCUT2D eigenvalue weighted by atomic mass is 9.95. The van der Waals surface area contributed by atoms with Gasteiger partial charge in [0.1, 0.15) is 6.10 Å². The van der Waals surface area contributed by atoms with Gasteiger partial charge in [0.15, 0.2) is 5.82 Å². The highest BCUT2D eigenvalue weighted by atomic mass is 16.5. The summed E-state index contributed by atoms with van der Waals surface area (Å²) in [5, 5.41) is 7.41. The quantitative estimate of drug-likeness (QED) is 0.822. The molecule has 2 unspecified atom stereocenters. The minimum absolute atomic E-state index is 0.0954. The molecule has 1 aliphatic rings. The van der Waals surface area contributed by atoms with Gasteiger partial charge in [-0.3, -0.25) is 0 Å². The molecule has 2 rings (SSSR count). The van der Waals surface area contributed by atoms with Crippen molar-refractivity contribution in [2.24, 2.45) is 5.92 Å². The van der Waals surface area contributed by atoms with Crippen LogP contribution in [-0.2, 0) is 11.2 Å². The van der Waals surface area contributed by atoms with Gasteiger partial charge in [0, 0.05) is 19.1 Å². The van der Waals surface area contributed by atoms with Gasteiger partial charge in [-0.2, -0.15) is 4.98 Å². The topological polar surface area (TPSA) is 60.2 Å². The van der Waals surface area contributed by atoms with E-state index in [1.165, 1.54) is 25.7 Å². The molecule has 0 saturated heterocycles. The molecule has 1 heterocycles. The van der Waals surface area contributed by atoms with Crippen LogP contribution in [0.1, 0.15) is 57.3 Å². The first-order valence-corrected chi connectivity index (χ1v) is 7.36. The Labute approximate surface area is 115 Å². The van der Waals surface area contributed by atoms with E-state index in [1.807, 2.05) is 20.9 Å². The molecule has 1 aromatic rings. The van der Waals surface area contributed by atoms with Crippen molar-refractivity contribution < 1.29 is 9.26 Å². The third-order valence-corrected chi connectivity index (χ3v) is 4.00. The first-order chi connectivity index (χ1) is 9.24. The monoisotopic (exact) mass is 267 g/mol. The van der Waals surface area contributed by atoms with Gasteiger partial charge in [0.2, 0.25) is 5.89 Å². The summed E-state index contributed by atoms with van der Waals surface area (Å²) >= 11 is 0. The molecule has 19 heavy (non-hydrogen) atoms. The minimum atomic E-state index is -0.0954. The van der Waals surface area contributed by atoms with E-state index in [0.29, 0.717) is 24.4 Å². The normalized spacial score (nSPS) is 19.7. The summed E-state index contributed by atoms with van der Waals surface area (Å²) in [5.41, 5.74) is 0. The second-order valence-electron chi connectivity index (χ2n) is 5.29. The van der Waals surface area contributed by atoms with Crippen molar-refractivity contribution in [1.82, 2.24) is 15.5 Å². The summed E-state index contributed by atoms with van der Waals surface area (Å²) < 4.78 is 10.8. The molecule has 0 aromatic carbocycles. The molecule has 1 aromatic heterocycles. The van der Waals surface area contributed by atoms with Gasteiger partial charge in [-0.15, -0.1) is 0 Å². The molecular weight excluding hydrogens is 242 g/mol. The molecule has 0 bridgehead atoms. The smallest absolute Gasteiger partial charge is 0.228 e. The summed E-state index contributed by atoms with van der Waals surface area (Å²) in [4.78, 5) is 4.45. The van der Waals surface area contributed by atoms with Crippen LogP contribution in [0.3, 0.4) is 0 Å². The molecular formula is C14H25N3O2. The highest BCUT2D eigenvalue weighted by molar-refractivity contribution is 4.94. The first-order valence-electron chi connectivity index (χ1n) is 7.36. The van der Waals surface area contributed by atoms with Crippen LogP contribution in [0, 0.1) is 5.92 Å². The van der Waals surface area contributed by atoms with Crippen LogP contribution >= 0.6 is 0 Å². The SMILES string of the molecule is CCOC(C)c1noc(CC(NC)C2CCCC2)n1. The van der Waals surface area contributed by atoms with Crippen LogP contribution in [0.4, 0.5) is 0 Å². The van der Waals surface area contributed by atoms with Crippen molar-refractivity contribution in [1.29, 1.82) is 0 Å². The Kier molecular flexibility index (Phi) is 5.34. The second kappa shape index (κ2) is 7.01. The van der Waals surface area contributed by atoms with E-state index < -0.39 is 0 Å². The maximum atomic E-state index is 5.47. The maximum absolute atomic E-state index is 5.47. The minimum Gasteiger partial charge on any atom is -0.371 e. The molecule has 1 fully saturated rings. The van der Waals surface area contributed by atoms with Crippen molar-refractivity contribution in [2.75, 3.05) is 13.7 Å². The van der Waals surface area contributed by atoms with Gasteiger partial charge in [0.05, 0.1) is 0 Å². The zero-order chi connectivity index (χ0) is 13.7. The van der Waals surface area contributed by atoms with Crippen LogP contribution < -0.4 is 5.32 Å². The fourth-order valence-electron chi connectivity index (χ4n) is 2.89. The molecule has 5 nitrogen and oxygen atoms in total. The average molecular weight is 267 g/mol. The molecule has 0 radical (unpaired) electrons. The predicted molar refractivity (Wildman–Crippen MR) is 72.8 cm³/mol. The molecule has 1 N–H and O–H groups in total. The van der Waals surface area contributed by atoms with Crippen LogP contribution in [0.2, 0.25) is 0 Å². The summed E-state index contributed by atoms with van der Waals surface area (Å²) in [7, 11) is 2.02. The lowest BCUT2D eigenvalue weighted by molar-refractivity contribution is 0.0683. The summed E-state index contributed by atoms with van der Waals surface area (Å²) in [6.45, 7) is 4.57. The van der Waals surface area contributed by atoms with E-state index in [2.05, 4.69) is 15.5 Å². The largest absolute Gasteiger partial charge is 0.371 e. The van der Waals surface area contributed by atoms with Gasteiger partial charge < -0.3 is 14.6 Å². The van der Waals surface area contributed by atoms with Crippen LogP contribution in [0.25, 0.3) is 0 Å². The third kappa shape index (κ3) is 3.76. The number of hydrogen-bond donors (Lipinski definition) is 1. The van der Waals surface area contributed by atoms with E-state index in [9.17, 15) is 0 Å². The van der Waals surface area contributed by atoms with Gasteiger partial charge in [-0.25, -0.2) is 0 Å². The maximum Gasteiger partial charge on any atom is 0.228 e. The lowest BCUT2D eigenvalue weighted by Crippen LogP contribution is -2.34. The number of likely N-dealkylation sites (N-methyl/N-ethyl adjacent to an activating group) is 1. The lowest BCUT2D eigenvalue weighted by Gasteiger charge is -2.20. The number of rotatable bonds is 7. The molecule has 0 aliphatic heterocycles. The van der Waals surface area contributed by atoms with Crippen molar-refractivity contribution in [2.45, 2.75) is 58.1 Å². The molecule has 108 valence electrons. The Morgan fingerprint density at radius 1 is 1.42 bits per heavy atom. The highest BCUT2D eigenvalue weighted by Gasteiger charge is 2.26. The average Bonchev–Trinajstić information content (AvgIpc) is 3.07. The first kappa shape index (κ1) is 14.5. The summed E-state index contributed by atoms with van der Waals surface area (Å²) in [6.07, 6.45) is 6.03. The molecule has 1 saturated carbocycles. The van der Waals surface area contributed by atoms with E-state index in [0.717, 1.165) is 12.3 Å². The van der Waals surface area contributed by atoms with Crippen LogP contribution in [-0.4, -0.2) is 29.8 Å². The number of nitrogens with zero attached hydrogens (tertiary/aromatic N) is 2. The van der Waals surface area contributed by atoms with Gasteiger partial charge in [-0.1, -0.05) is 18.0 Å². The van der Waals surface area contributed by atoms with Gasteiger partial charge in [0.25, 0.3) is 0 Å². The van der Waals surface area contributed by atoms with Crippen LogP contribution in [0.5, 0.6) is 0 Å². The Balaban J connectivity index is 1.94. The van der Waals surface area contributed by atoms with E-state index in [-0.39, 0.29) is 6.10 Å². The number of ether oxygens (including phenoxy) is 1. The second-order valence-corrected chi connectivity index (χ2v) is 5.29. The molecule has 2 atom stereocenters. The number of nitrogens with one attached hydrogen (secondary N) is 1. The number of aromatic nitrogens is 2. The zero-order valence-electron chi connectivity index (χ0n) is 12.2. The Morgan fingerprint density at radius 2 is 2.16 bits per heavy atom. The Bertz CT molecular complexity index is 375. The van der Waals surface area contributed by atoms with Gasteiger partial charge >= 0.3 is 0 Å². The van der Waals surface area contributed by atoms with Crippen molar-refractivity contribution in [3.05, 3.63) is 11.7 Å². The van der Waals surface area contributed by atoms with E-state index in [1.54, 1.807) is 0 Å².